The molecule has 0 spiro atoms. The lowest BCUT2D eigenvalue weighted by molar-refractivity contribution is 0.637. The van der Waals surface area contributed by atoms with E-state index in [4.69, 9.17) is 0 Å². The van der Waals surface area contributed by atoms with Crippen LogP contribution in [0.25, 0.3) is 0 Å². The average Bonchev–Trinajstić information content (AvgIpc) is 2.41. The van der Waals surface area contributed by atoms with Crippen molar-refractivity contribution >= 4 is 28.3 Å². The van der Waals surface area contributed by atoms with Gasteiger partial charge in [0.25, 0.3) is 5.56 Å². The average molecular weight is 383 g/mol. The molecule has 0 saturated carbocycles. The highest BCUT2D eigenvalue weighted by Crippen LogP contribution is 2.08. The summed E-state index contributed by atoms with van der Waals surface area (Å²) in [7, 11) is 0. The van der Waals surface area contributed by atoms with E-state index in [0.29, 0.717) is 12.5 Å². The van der Waals surface area contributed by atoms with Gasteiger partial charge in [-0.3, -0.25) is 4.79 Å². The lowest BCUT2D eigenvalue weighted by Crippen LogP contribution is -2.23. The second kappa shape index (κ2) is 6.88. The van der Waals surface area contributed by atoms with E-state index in [2.05, 4.69) is 46.9 Å². The third kappa shape index (κ3) is 4.33. The summed E-state index contributed by atoms with van der Waals surface area (Å²) in [6.07, 6.45) is 1.70. The van der Waals surface area contributed by atoms with Crippen molar-refractivity contribution in [1.82, 2.24) is 9.78 Å². The molecule has 4 nitrogen and oxygen atoms in total. The molecule has 2 aromatic rings. The van der Waals surface area contributed by atoms with Gasteiger partial charge in [-0.2, -0.15) is 5.10 Å². The zero-order chi connectivity index (χ0) is 14.5. The molecule has 2 rings (SSSR count). The fourth-order valence-corrected chi connectivity index (χ4v) is 2.09. The number of rotatable bonds is 5. The highest BCUT2D eigenvalue weighted by molar-refractivity contribution is 14.1. The molecule has 0 saturated heterocycles. The molecule has 106 valence electrons. The van der Waals surface area contributed by atoms with Gasteiger partial charge >= 0.3 is 0 Å². The van der Waals surface area contributed by atoms with Crippen LogP contribution in [0.3, 0.4) is 0 Å². The van der Waals surface area contributed by atoms with Crippen LogP contribution in [0.4, 0.5) is 5.69 Å². The Kier molecular flexibility index (Phi) is 5.17. The van der Waals surface area contributed by atoms with Crippen molar-refractivity contribution in [2.75, 3.05) is 11.9 Å². The van der Waals surface area contributed by atoms with Crippen molar-refractivity contribution in [2.24, 2.45) is 5.92 Å². The number of aromatic nitrogens is 2. The first-order valence-corrected chi connectivity index (χ1v) is 7.68. The van der Waals surface area contributed by atoms with Crippen LogP contribution >= 0.6 is 22.6 Å². The van der Waals surface area contributed by atoms with Gasteiger partial charge in [-0.25, -0.2) is 4.68 Å². The predicted octanol–water partition coefficient (Wildman–Crippen LogP) is 2.96. The Bertz CT molecular complexity index is 620. The highest BCUT2D eigenvalue weighted by atomic mass is 127. The van der Waals surface area contributed by atoms with Crippen molar-refractivity contribution in [3.63, 3.8) is 0 Å². The molecule has 0 fully saturated rings. The predicted molar refractivity (Wildman–Crippen MR) is 90.1 cm³/mol. The minimum absolute atomic E-state index is 0.0858. The van der Waals surface area contributed by atoms with E-state index in [-0.39, 0.29) is 5.56 Å². The summed E-state index contributed by atoms with van der Waals surface area (Å²) in [6.45, 7) is 5.58. The molecule has 20 heavy (non-hydrogen) atoms. The van der Waals surface area contributed by atoms with Gasteiger partial charge in [-0.15, -0.1) is 0 Å². The molecular formula is C15H18IN3O. The largest absolute Gasteiger partial charge is 0.383 e. The van der Waals surface area contributed by atoms with Crippen molar-refractivity contribution in [3.05, 3.63) is 56.0 Å². The van der Waals surface area contributed by atoms with Gasteiger partial charge < -0.3 is 5.32 Å². The molecule has 0 aliphatic rings. The monoisotopic (exact) mass is 383 g/mol. The van der Waals surface area contributed by atoms with Gasteiger partial charge in [0.1, 0.15) is 0 Å². The summed E-state index contributed by atoms with van der Waals surface area (Å²) in [5.41, 5.74) is 1.77. The van der Waals surface area contributed by atoms with E-state index >= 15 is 0 Å². The first kappa shape index (κ1) is 15.0. The second-order valence-corrected chi connectivity index (χ2v) is 6.39. The van der Waals surface area contributed by atoms with E-state index < -0.39 is 0 Å². The summed E-state index contributed by atoms with van der Waals surface area (Å²) in [5, 5.41) is 7.42. The number of benzene rings is 1. The van der Waals surface area contributed by atoms with Crippen LogP contribution in [0.1, 0.15) is 19.4 Å². The van der Waals surface area contributed by atoms with Crippen LogP contribution in [0, 0.1) is 9.49 Å². The van der Waals surface area contributed by atoms with Gasteiger partial charge in [-0.05, 0) is 46.2 Å². The lowest BCUT2D eigenvalue weighted by Gasteiger charge is -2.10. The normalized spacial score (nSPS) is 10.8. The van der Waals surface area contributed by atoms with Crippen molar-refractivity contribution in [3.8, 4) is 0 Å². The molecular weight excluding hydrogens is 365 g/mol. The number of hydrogen-bond acceptors (Lipinski definition) is 3. The Morgan fingerprint density at radius 1 is 1.30 bits per heavy atom. The first-order valence-electron chi connectivity index (χ1n) is 6.60. The number of hydrogen-bond donors (Lipinski definition) is 1. The maximum absolute atomic E-state index is 12.0. The molecule has 0 aliphatic carbocycles. The molecule has 1 aromatic heterocycles. The summed E-state index contributed by atoms with van der Waals surface area (Å²) < 4.78 is 2.66. The van der Waals surface area contributed by atoms with Gasteiger partial charge in [0.2, 0.25) is 0 Å². The van der Waals surface area contributed by atoms with Crippen LogP contribution in [-0.4, -0.2) is 16.3 Å². The van der Waals surface area contributed by atoms with Crippen molar-refractivity contribution in [1.29, 1.82) is 0 Å². The maximum Gasteiger partial charge on any atom is 0.269 e. The number of anilines is 1. The Hall–Kier alpha value is -1.37. The SMILES string of the molecule is CC(C)CNc1cnn(Cc2ccc(I)cc2)c(=O)c1. The molecule has 1 heterocycles. The van der Waals surface area contributed by atoms with Crippen molar-refractivity contribution < 1.29 is 0 Å². The Balaban J connectivity index is 2.09. The van der Waals surface area contributed by atoms with E-state index in [1.165, 1.54) is 8.25 Å². The van der Waals surface area contributed by atoms with E-state index in [0.717, 1.165) is 17.8 Å². The molecule has 5 heteroatoms. The third-order valence-corrected chi connectivity index (χ3v) is 3.55. The van der Waals surface area contributed by atoms with E-state index in [1.807, 2.05) is 24.3 Å². The van der Waals surface area contributed by atoms with Crippen LogP contribution in [-0.2, 0) is 6.54 Å². The zero-order valence-electron chi connectivity index (χ0n) is 11.6. The quantitative estimate of drug-likeness (QED) is 0.808. The first-order chi connectivity index (χ1) is 9.54. The Labute approximate surface area is 132 Å². The summed E-state index contributed by atoms with van der Waals surface area (Å²) >= 11 is 2.26. The standard InChI is InChI=1S/C15H18IN3O/c1-11(2)8-17-14-7-15(20)19(18-9-14)10-12-3-5-13(16)6-4-12/h3-7,9,11,17H,8,10H2,1-2H3. The summed E-state index contributed by atoms with van der Waals surface area (Å²) in [4.78, 5) is 12.0. The molecule has 0 radical (unpaired) electrons. The molecule has 0 bridgehead atoms. The second-order valence-electron chi connectivity index (χ2n) is 5.14. The van der Waals surface area contributed by atoms with Gasteiger partial charge in [0, 0.05) is 16.2 Å². The molecule has 0 aliphatic heterocycles. The van der Waals surface area contributed by atoms with E-state index in [1.54, 1.807) is 12.3 Å². The lowest BCUT2D eigenvalue weighted by atomic mass is 10.2. The number of nitrogens with zero attached hydrogens (tertiary/aromatic N) is 2. The fraction of sp³-hybridized carbons (Fsp3) is 0.333. The van der Waals surface area contributed by atoms with Crippen LogP contribution < -0.4 is 10.9 Å². The smallest absolute Gasteiger partial charge is 0.269 e. The summed E-state index contributed by atoms with van der Waals surface area (Å²) in [5.74, 6) is 0.532. The van der Waals surface area contributed by atoms with Gasteiger partial charge in [-0.1, -0.05) is 26.0 Å². The fourth-order valence-electron chi connectivity index (χ4n) is 1.73. The minimum atomic E-state index is -0.0858. The molecule has 1 N–H and O–H groups in total. The highest BCUT2D eigenvalue weighted by Gasteiger charge is 2.02. The third-order valence-electron chi connectivity index (χ3n) is 2.83. The summed E-state index contributed by atoms with van der Waals surface area (Å²) in [6, 6.07) is 9.68. The van der Waals surface area contributed by atoms with Crippen LogP contribution in [0.15, 0.2) is 41.3 Å². The van der Waals surface area contributed by atoms with Crippen LogP contribution in [0.5, 0.6) is 0 Å². The number of nitrogens with one attached hydrogen (secondary N) is 1. The molecule has 1 aromatic carbocycles. The Morgan fingerprint density at radius 3 is 2.60 bits per heavy atom. The molecule has 0 unspecified atom stereocenters. The molecule has 0 amide bonds. The number of halogens is 1. The topological polar surface area (TPSA) is 46.9 Å². The molecule has 0 atom stereocenters. The Morgan fingerprint density at radius 2 is 2.00 bits per heavy atom. The zero-order valence-corrected chi connectivity index (χ0v) is 13.8. The van der Waals surface area contributed by atoms with Gasteiger partial charge in [0.05, 0.1) is 18.4 Å². The van der Waals surface area contributed by atoms with Gasteiger partial charge in [0.15, 0.2) is 0 Å². The van der Waals surface area contributed by atoms with Crippen molar-refractivity contribution in [2.45, 2.75) is 20.4 Å². The minimum Gasteiger partial charge on any atom is -0.383 e. The van der Waals surface area contributed by atoms with Crippen LogP contribution in [0.2, 0.25) is 0 Å². The van der Waals surface area contributed by atoms with E-state index in [9.17, 15) is 4.79 Å². The maximum atomic E-state index is 12.0.